The minimum absolute atomic E-state index is 0.176. The van der Waals surface area contributed by atoms with Crippen LogP contribution in [0.25, 0.3) is 0 Å². The molecular weight excluding hydrogens is 194 g/mol. The minimum Gasteiger partial charge on any atom is -0.444 e. The number of ether oxygens (including phenoxy) is 1. The maximum Gasteiger partial charge on any atom is 0.408 e. The van der Waals surface area contributed by atoms with E-state index in [2.05, 4.69) is 11.9 Å². The lowest BCUT2D eigenvalue weighted by Crippen LogP contribution is -2.46. The Morgan fingerprint density at radius 2 is 1.93 bits per heavy atom. The maximum atomic E-state index is 11.4. The van der Waals surface area contributed by atoms with Crippen molar-refractivity contribution in [2.45, 2.75) is 45.3 Å². The lowest BCUT2D eigenvalue weighted by Gasteiger charge is -2.27. The Kier molecular flexibility index (Phi) is 4.52. The third kappa shape index (κ3) is 5.88. The molecule has 1 N–H and O–H groups in total. The maximum absolute atomic E-state index is 11.4. The van der Waals surface area contributed by atoms with Crippen LogP contribution in [0.3, 0.4) is 0 Å². The largest absolute Gasteiger partial charge is 0.444 e. The van der Waals surface area contributed by atoms with Crippen molar-refractivity contribution in [1.29, 1.82) is 0 Å². The Balaban J connectivity index is 4.37. The van der Waals surface area contributed by atoms with E-state index in [0.717, 1.165) is 6.29 Å². The Labute approximate surface area is 90.7 Å². The van der Waals surface area contributed by atoms with Gasteiger partial charge in [-0.1, -0.05) is 6.08 Å². The molecule has 0 rings (SSSR count). The minimum atomic E-state index is -0.746. The van der Waals surface area contributed by atoms with Crippen molar-refractivity contribution in [2.24, 2.45) is 0 Å². The summed E-state index contributed by atoms with van der Waals surface area (Å²) in [5, 5.41) is 2.59. The Morgan fingerprint density at radius 3 is 2.27 bits per heavy atom. The fraction of sp³-hybridized carbons (Fsp3) is 0.636. The molecule has 0 fully saturated rings. The van der Waals surface area contributed by atoms with Crippen LogP contribution in [-0.2, 0) is 9.53 Å². The standard InChI is InChI=1S/C11H19NO3/c1-6-11(5,7-8-13)12-9(14)15-10(2,3)4/h6,8H,1,7H2,2-5H3,(H,12,14). The van der Waals surface area contributed by atoms with E-state index in [9.17, 15) is 9.59 Å². The number of carbonyl (C=O) groups excluding carboxylic acids is 2. The molecule has 0 bridgehead atoms. The van der Waals surface area contributed by atoms with E-state index < -0.39 is 17.2 Å². The lowest BCUT2D eigenvalue weighted by molar-refractivity contribution is -0.108. The molecule has 0 aliphatic carbocycles. The van der Waals surface area contributed by atoms with Crippen LogP contribution < -0.4 is 5.32 Å². The summed E-state index contributed by atoms with van der Waals surface area (Å²) in [6, 6.07) is 0. The number of carbonyl (C=O) groups is 2. The van der Waals surface area contributed by atoms with E-state index >= 15 is 0 Å². The first-order valence-corrected chi connectivity index (χ1v) is 4.81. The summed E-state index contributed by atoms with van der Waals surface area (Å²) in [5.74, 6) is 0. The second kappa shape index (κ2) is 4.96. The monoisotopic (exact) mass is 213 g/mol. The van der Waals surface area contributed by atoms with Crippen molar-refractivity contribution in [1.82, 2.24) is 5.32 Å². The Hall–Kier alpha value is -1.32. The molecule has 4 heteroatoms. The first kappa shape index (κ1) is 13.7. The molecule has 0 spiro atoms. The predicted molar refractivity (Wildman–Crippen MR) is 58.7 cm³/mol. The highest BCUT2D eigenvalue weighted by molar-refractivity contribution is 5.70. The fourth-order valence-electron chi connectivity index (χ4n) is 0.895. The van der Waals surface area contributed by atoms with Gasteiger partial charge in [0.1, 0.15) is 11.9 Å². The summed E-state index contributed by atoms with van der Waals surface area (Å²) >= 11 is 0. The van der Waals surface area contributed by atoms with E-state index in [4.69, 9.17) is 4.74 Å². The van der Waals surface area contributed by atoms with Crippen LogP contribution in [0, 0.1) is 0 Å². The highest BCUT2D eigenvalue weighted by atomic mass is 16.6. The number of hydrogen-bond donors (Lipinski definition) is 1. The molecule has 0 radical (unpaired) electrons. The molecule has 1 amide bonds. The molecule has 0 heterocycles. The summed E-state index contributed by atoms with van der Waals surface area (Å²) in [5.41, 5.74) is -1.29. The molecule has 1 unspecified atom stereocenters. The van der Waals surface area contributed by atoms with Gasteiger partial charge in [-0.2, -0.15) is 0 Å². The molecule has 0 aliphatic rings. The van der Waals surface area contributed by atoms with Crippen LogP contribution in [0.2, 0.25) is 0 Å². The van der Waals surface area contributed by atoms with Crippen molar-refractivity contribution in [3.05, 3.63) is 12.7 Å². The molecule has 0 aromatic carbocycles. The molecule has 0 aromatic rings. The normalized spacial score (nSPS) is 14.9. The zero-order valence-electron chi connectivity index (χ0n) is 9.79. The summed E-state index contributed by atoms with van der Waals surface area (Å²) < 4.78 is 5.07. The number of nitrogens with one attached hydrogen (secondary N) is 1. The lowest BCUT2D eigenvalue weighted by atomic mass is 9.99. The van der Waals surface area contributed by atoms with Gasteiger partial charge in [0.05, 0.1) is 5.54 Å². The predicted octanol–water partition coefficient (Wildman–Crippen LogP) is 2.04. The smallest absolute Gasteiger partial charge is 0.408 e. The van der Waals surface area contributed by atoms with E-state index in [1.165, 1.54) is 6.08 Å². The highest BCUT2D eigenvalue weighted by Gasteiger charge is 2.25. The van der Waals surface area contributed by atoms with Gasteiger partial charge in [-0.05, 0) is 27.7 Å². The van der Waals surface area contributed by atoms with Gasteiger partial charge in [0, 0.05) is 6.42 Å². The number of hydrogen-bond acceptors (Lipinski definition) is 3. The molecule has 0 aromatic heterocycles. The molecule has 0 aliphatic heterocycles. The average molecular weight is 213 g/mol. The van der Waals surface area contributed by atoms with Crippen molar-refractivity contribution in [3.8, 4) is 0 Å². The Morgan fingerprint density at radius 1 is 1.40 bits per heavy atom. The van der Waals surface area contributed by atoms with Crippen LogP contribution in [0.4, 0.5) is 4.79 Å². The second-order valence-electron chi connectivity index (χ2n) is 4.62. The number of aldehydes is 1. The fourth-order valence-corrected chi connectivity index (χ4v) is 0.895. The van der Waals surface area contributed by atoms with Gasteiger partial charge in [0.25, 0.3) is 0 Å². The van der Waals surface area contributed by atoms with Crippen LogP contribution in [0.15, 0.2) is 12.7 Å². The van der Waals surface area contributed by atoms with Gasteiger partial charge < -0.3 is 14.8 Å². The van der Waals surface area contributed by atoms with Crippen LogP contribution in [0.1, 0.15) is 34.1 Å². The van der Waals surface area contributed by atoms with Crippen molar-refractivity contribution in [2.75, 3.05) is 0 Å². The summed E-state index contributed by atoms with van der Waals surface area (Å²) in [6.45, 7) is 10.6. The number of rotatable bonds is 4. The van der Waals surface area contributed by atoms with Gasteiger partial charge in [0.2, 0.25) is 0 Å². The van der Waals surface area contributed by atoms with E-state index in [0.29, 0.717) is 0 Å². The SMILES string of the molecule is C=CC(C)(CC=O)NC(=O)OC(C)(C)C. The Bertz CT molecular complexity index is 255. The van der Waals surface area contributed by atoms with E-state index in [1.54, 1.807) is 27.7 Å². The third-order valence-electron chi connectivity index (χ3n) is 1.74. The molecule has 4 nitrogen and oxygen atoms in total. The first-order chi connectivity index (χ1) is 6.72. The second-order valence-corrected chi connectivity index (χ2v) is 4.62. The van der Waals surface area contributed by atoms with Crippen LogP contribution in [0.5, 0.6) is 0 Å². The van der Waals surface area contributed by atoms with Crippen molar-refractivity contribution < 1.29 is 14.3 Å². The van der Waals surface area contributed by atoms with Crippen molar-refractivity contribution in [3.63, 3.8) is 0 Å². The molecule has 0 saturated heterocycles. The van der Waals surface area contributed by atoms with Crippen LogP contribution >= 0.6 is 0 Å². The van der Waals surface area contributed by atoms with Gasteiger partial charge in [-0.15, -0.1) is 6.58 Å². The summed E-state index contributed by atoms with van der Waals surface area (Å²) in [7, 11) is 0. The summed E-state index contributed by atoms with van der Waals surface area (Å²) in [4.78, 5) is 21.8. The zero-order chi connectivity index (χ0) is 12.1. The van der Waals surface area contributed by atoms with E-state index in [1.807, 2.05) is 0 Å². The topological polar surface area (TPSA) is 55.4 Å². The van der Waals surface area contributed by atoms with Gasteiger partial charge in [-0.25, -0.2) is 4.79 Å². The van der Waals surface area contributed by atoms with Gasteiger partial charge in [0.15, 0.2) is 0 Å². The highest BCUT2D eigenvalue weighted by Crippen LogP contribution is 2.12. The third-order valence-corrected chi connectivity index (χ3v) is 1.74. The van der Waals surface area contributed by atoms with Crippen molar-refractivity contribution >= 4 is 12.4 Å². The molecular formula is C11H19NO3. The molecule has 0 saturated carbocycles. The quantitative estimate of drug-likeness (QED) is 0.574. The first-order valence-electron chi connectivity index (χ1n) is 4.81. The zero-order valence-corrected chi connectivity index (χ0v) is 9.79. The van der Waals surface area contributed by atoms with Gasteiger partial charge in [-0.3, -0.25) is 0 Å². The molecule has 86 valence electrons. The number of amides is 1. The average Bonchev–Trinajstić information content (AvgIpc) is 2.00. The number of alkyl carbamates (subject to hydrolysis) is 1. The summed E-state index contributed by atoms with van der Waals surface area (Å²) in [6.07, 6.45) is 1.88. The van der Waals surface area contributed by atoms with E-state index in [-0.39, 0.29) is 6.42 Å². The van der Waals surface area contributed by atoms with Gasteiger partial charge >= 0.3 is 6.09 Å². The molecule has 15 heavy (non-hydrogen) atoms. The van der Waals surface area contributed by atoms with Crippen LogP contribution in [-0.4, -0.2) is 23.5 Å². The molecule has 1 atom stereocenters.